The number of aromatic nitrogens is 6. The van der Waals surface area contributed by atoms with Crippen LogP contribution in [0.2, 0.25) is 0 Å². The number of nitrogens with zero attached hydrogens (tertiary/aromatic N) is 6. The van der Waals surface area contributed by atoms with E-state index < -0.39 is 58.9 Å². The molecule has 0 saturated heterocycles. The second-order valence-electron chi connectivity index (χ2n) is 11.5. The summed E-state index contributed by atoms with van der Waals surface area (Å²) in [6, 6.07) is 15.4. The zero-order valence-corrected chi connectivity index (χ0v) is 26.8. The molecule has 4 aliphatic heterocycles. The van der Waals surface area contributed by atoms with Gasteiger partial charge >= 0.3 is 34.7 Å². The van der Waals surface area contributed by atoms with Crippen LogP contribution in [0.4, 0.5) is 0 Å². The Morgan fingerprint density at radius 1 is 0.560 bits per heavy atom. The summed E-state index contributed by atoms with van der Waals surface area (Å²) in [5.74, 6) is -1.03. The number of fused-ring (bicyclic) bond motifs is 2. The van der Waals surface area contributed by atoms with Crippen molar-refractivity contribution in [3.05, 3.63) is 175 Å². The van der Waals surface area contributed by atoms with Crippen molar-refractivity contribution < 1.29 is 19.1 Å². The first kappa shape index (κ1) is 31.9. The molecule has 4 unspecified atom stereocenters. The van der Waals surface area contributed by atoms with Crippen LogP contribution in [-0.4, -0.2) is 54.0 Å². The van der Waals surface area contributed by atoms with E-state index >= 15 is 0 Å². The van der Waals surface area contributed by atoms with E-state index in [-0.39, 0.29) is 5.57 Å². The van der Waals surface area contributed by atoms with E-state index in [0.717, 1.165) is 9.13 Å². The molecule has 4 bridgehead atoms. The Hall–Kier alpha value is -6.70. The van der Waals surface area contributed by atoms with E-state index in [2.05, 4.69) is 0 Å². The van der Waals surface area contributed by atoms with Gasteiger partial charge in [0.05, 0.1) is 54.9 Å². The Balaban J connectivity index is 0.000000157. The van der Waals surface area contributed by atoms with Crippen molar-refractivity contribution >= 4 is 11.9 Å². The highest BCUT2D eigenvalue weighted by Gasteiger charge is 2.34. The van der Waals surface area contributed by atoms with E-state index in [0.29, 0.717) is 16.9 Å². The largest absolute Gasteiger partial charge is 0.466 e. The number of para-hydroxylation sites is 2. The van der Waals surface area contributed by atoms with Crippen LogP contribution in [0.5, 0.6) is 0 Å². The average molecular weight is 675 g/mol. The summed E-state index contributed by atoms with van der Waals surface area (Å²) in [5, 5.41) is 0. The number of ether oxygens (including phenoxy) is 2. The molecule has 6 aliphatic rings. The van der Waals surface area contributed by atoms with Crippen molar-refractivity contribution in [1.29, 1.82) is 0 Å². The smallest absolute Gasteiger partial charge is 0.352 e. The average Bonchev–Trinajstić information content (AvgIpc) is 3.53. The minimum Gasteiger partial charge on any atom is -0.466 e. The number of methoxy groups -OCH3 is 2. The van der Waals surface area contributed by atoms with Crippen LogP contribution in [0.25, 0.3) is 11.4 Å². The van der Waals surface area contributed by atoms with Crippen molar-refractivity contribution in [2.24, 2.45) is 0 Å². The first-order valence-corrected chi connectivity index (χ1v) is 15.6. The maximum absolute atomic E-state index is 13.0. The van der Waals surface area contributed by atoms with Gasteiger partial charge in [-0.15, -0.1) is 0 Å². The molecule has 6 heterocycles. The van der Waals surface area contributed by atoms with E-state index in [4.69, 9.17) is 9.47 Å². The lowest BCUT2D eigenvalue weighted by Crippen LogP contribution is -2.37. The third-order valence-electron chi connectivity index (χ3n) is 8.72. The number of hydrogen-bond acceptors (Lipinski definition) is 8. The monoisotopic (exact) mass is 674 g/mol. The number of hydrogen-bond donors (Lipinski definition) is 0. The van der Waals surface area contributed by atoms with Crippen molar-refractivity contribution in [3.63, 3.8) is 0 Å². The number of carbonyl (C=O) groups is 2. The summed E-state index contributed by atoms with van der Waals surface area (Å²) >= 11 is 0. The highest BCUT2D eigenvalue weighted by atomic mass is 16.5. The second kappa shape index (κ2) is 12.7. The van der Waals surface area contributed by atoms with Gasteiger partial charge in [0.2, 0.25) is 0 Å². The van der Waals surface area contributed by atoms with E-state index in [1.54, 1.807) is 103 Å². The number of rotatable bonds is 4. The molecule has 14 heteroatoms. The standard InChI is InChI=1S/2C18H15N3O4/c1-25-16(22)14-9-5-8-13-10-11-15(14)21-18(24)19(17(23)20(13)21)12-6-3-2-4-7-12;1-25-16(22)12-7-8-14-9-10-15(11-12)21-18(24)19(17(23)20(14)21)13-5-3-2-4-6-13/h2-11,13,15H,1H3;2-11,14-15H,1H3/b8-5-,14-9+;8-7-,12-11+. The van der Waals surface area contributed by atoms with Gasteiger partial charge in [0.25, 0.3) is 0 Å². The van der Waals surface area contributed by atoms with Crippen molar-refractivity contribution in [2.45, 2.75) is 24.2 Å². The molecule has 2 aromatic heterocycles. The van der Waals surface area contributed by atoms with Gasteiger partial charge in [-0.3, -0.25) is 0 Å². The maximum atomic E-state index is 13.0. The molecule has 0 fully saturated rings. The number of carbonyl (C=O) groups excluding carboxylic acids is 2. The molecule has 252 valence electrons. The highest BCUT2D eigenvalue weighted by Crippen LogP contribution is 2.29. The molecule has 4 aromatic rings. The molecule has 50 heavy (non-hydrogen) atoms. The molecule has 0 spiro atoms. The Morgan fingerprint density at radius 2 is 1.04 bits per heavy atom. The number of allylic oxidation sites excluding steroid dienone is 9. The lowest BCUT2D eigenvalue weighted by molar-refractivity contribution is -0.137. The molecule has 0 N–H and O–H groups in total. The normalized spacial score (nSPS) is 24.0. The van der Waals surface area contributed by atoms with Crippen LogP contribution in [-0.2, 0) is 19.1 Å². The first-order chi connectivity index (χ1) is 24.2. The number of benzene rings is 2. The van der Waals surface area contributed by atoms with Crippen molar-refractivity contribution in [3.8, 4) is 11.4 Å². The molecule has 2 aliphatic carbocycles. The van der Waals surface area contributed by atoms with Crippen LogP contribution in [0.1, 0.15) is 24.2 Å². The quantitative estimate of drug-likeness (QED) is 0.236. The SMILES string of the molecule is COC(=O)/C1=C/C=C\C2C=CC1n1c(=O)n(-c3ccccc3)c(=O)n12.COC(=O)C1=C/C2C=CC(/C=C\1)n1c(=O)n(-c3ccccc3)c(=O)n12. The van der Waals surface area contributed by atoms with Crippen molar-refractivity contribution in [1.82, 2.24) is 27.9 Å². The topological polar surface area (TPSA) is 150 Å². The summed E-state index contributed by atoms with van der Waals surface area (Å²) in [7, 11) is 2.59. The number of esters is 2. The molecule has 2 aromatic carbocycles. The fourth-order valence-corrected chi connectivity index (χ4v) is 6.40. The predicted molar refractivity (Wildman–Crippen MR) is 181 cm³/mol. The predicted octanol–water partition coefficient (Wildman–Crippen LogP) is 2.24. The molecule has 0 saturated carbocycles. The lowest BCUT2D eigenvalue weighted by atomic mass is 10.0. The van der Waals surface area contributed by atoms with E-state index in [1.807, 2.05) is 18.2 Å². The van der Waals surface area contributed by atoms with Gasteiger partial charge < -0.3 is 9.47 Å². The first-order valence-electron chi connectivity index (χ1n) is 15.6. The Kier molecular flexibility index (Phi) is 8.11. The van der Waals surface area contributed by atoms with Gasteiger partial charge in [-0.05, 0) is 42.5 Å². The second-order valence-corrected chi connectivity index (χ2v) is 11.5. The van der Waals surface area contributed by atoms with Crippen LogP contribution in [0.15, 0.2) is 152 Å². The van der Waals surface area contributed by atoms with Crippen LogP contribution >= 0.6 is 0 Å². The highest BCUT2D eigenvalue weighted by molar-refractivity contribution is 5.91. The molecular formula is C36H30N6O8. The van der Waals surface area contributed by atoms with Crippen LogP contribution < -0.4 is 22.8 Å². The zero-order chi connectivity index (χ0) is 35.1. The summed E-state index contributed by atoms with van der Waals surface area (Å²) in [6.07, 6.45) is 17.2. The van der Waals surface area contributed by atoms with Crippen LogP contribution in [0.3, 0.4) is 0 Å². The van der Waals surface area contributed by atoms with Crippen molar-refractivity contribution in [2.75, 3.05) is 14.2 Å². The molecule has 0 radical (unpaired) electrons. The molecule has 10 rings (SSSR count). The third kappa shape index (κ3) is 5.13. The fraction of sp³-hybridized carbons (Fsp3) is 0.167. The fourth-order valence-electron chi connectivity index (χ4n) is 6.40. The van der Waals surface area contributed by atoms with Gasteiger partial charge in [0.1, 0.15) is 6.04 Å². The minimum absolute atomic E-state index is 0.286. The Labute approximate surface area is 282 Å². The molecule has 4 atom stereocenters. The molecule has 14 nitrogen and oxygen atoms in total. The van der Waals surface area contributed by atoms with Crippen LogP contribution in [0, 0.1) is 0 Å². The summed E-state index contributed by atoms with van der Waals surface area (Å²) in [5.41, 5.74) is -0.205. The Morgan fingerprint density at radius 3 is 1.62 bits per heavy atom. The summed E-state index contributed by atoms with van der Waals surface area (Å²) in [6.45, 7) is 0. The van der Waals surface area contributed by atoms with Gasteiger partial charge in [-0.1, -0.05) is 78.9 Å². The van der Waals surface area contributed by atoms with Gasteiger partial charge in [0, 0.05) is 0 Å². The summed E-state index contributed by atoms with van der Waals surface area (Å²) in [4.78, 5) is 75.8. The lowest BCUT2D eigenvalue weighted by Gasteiger charge is -2.27. The van der Waals surface area contributed by atoms with E-state index in [9.17, 15) is 28.8 Å². The molecule has 0 amide bonds. The Bertz CT molecular complexity index is 2440. The van der Waals surface area contributed by atoms with Gasteiger partial charge in [0.15, 0.2) is 0 Å². The molecular weight excluding hydrogens is 644 g/mol. The summed E-state index contributed by atoms with van der Waals surface area (Å²) < 4.78 is 17.3. The zero-order valence-electron chi connectivity index (χ0n) is 26.8. The maximum Gasteiger partial charge on any atom is 0.352 e. The van der Waals surface area contributed by atoms with E-state index in [1.165, 1.54) is 32.9 Å². The third-order valence-corrected chi connectivity index (χ3v) is 8.72. The van der Waals surface area contributed by atoms with Gasteiger partial charge in [-0.25, -0.2) is 56.6 Å². The van der Waals surface area contributed by atoms with Gasteiger partial charge in [-0.2, -0.15) is 0 Å². The minimum atomic E-state index is -0.696.